The minimum absolute atomic E-state index is 0.210. The van der Waals surface area contributed by atoms with E-state index in [4.69, 9.17) is 9.47 Å². The first-order chi connectivity index (χ1) is 10.5. The lowest BCUT2D eigenvalue weighted by molar-refractivity contribution is -0.132. The molecule has 1 heterocycles. The SMILES string of the molecule is COc1cc(CCC(=O)N2C[C@@H](C)N[C@H](C)C2)cc(OC)c1. The fourth-order valence-corrected chi connectivity index (χ4v) is 2.95. The summed E-state index contributed by atoms with van der Waals surface area (Å²) in [6.07, 6.45) is 1.20. The molecule has 0 radical (unpaired) electrons. The van der Waals surface area contributed by atoms with Crippen molar-refractivity contribution in [3.63, 3.8) is 0 Å². The molecule has 0 aromatic heterocycles. The maximum Gasteiger partial charge on any atom is 0.223 e. The lowest BCUT2D eigenvalue weighted by Crippen LogP contribution is -2.55. The molecule has 5 heteroatoms. The monoisotopic (exact) mass is 306 g/mol. The van der Waals surface area contributed by atoms with E-state index in [9.17, 15) is 4.79 Å². The van der Waals surface area contributed by atoms with E-state index in [1.165, 1.54) is 0 Å². The fourth-order valence-electron chi connectivity index (χ4n) is 2.95. The van der Waals surface area contributed by atoms with Crippen molar-refractivity contribution in [2.75, 3.05) is 27.3 Å². The van der Waals surface area contributed by atoms with Crippen LogP contribution in [0, 0.1) is 0 Å². The second-order valence-electron chi connectivity index (χ2n) is 5.99. The number of ether oxygens (including phenoxy) is 2. The summed E-state index contributed by atoms with van der Waals surface area (Å²) >= 11 is 0. The van der Waals surface area contributed by atoms with Crippen LogP contribution in [-0.4, -0.2) is 50.2 Å². The molecule has 1 N–H and O–H groups in total. The van der Waals surface area contributed by atoms with E-state index in [1.807, 2.05) is 23.1 Å². The summed E-state index contributed by atoms with van der Waals surface area (Å²) in [5.41, 5.74) is 1.06. The summed E-state index contributed by atoms with van der Waals surface area (Å²) in [4.78, 5) is 14.4. The van der Waals surface area contributed by atoms with E-state index in [1.54, 1.807) is 14.2 Å². The lowest BCUT2D eigenvalue weighted by atomic mass is 10.1. The van der Waals surface area contributed by atoms with Crippen molar-refractivity contribution in [3.8, 4) is 11.5 Å². The minimum Gasteiger partial charge on any atom is -0.497 e. The highest BCUT2D eigenvalue weighted by Crippen LogP contribution is 2.23. The van der Waals surface area contributed by atoms with Crippen molar-refractivity contribution in [2.45, 2.75) is 38.8 Å². The topological polar surface area (TPSA) is 50.8 Å². The second-order valence-corrected chi connectivity index (χ2v) is 5.99. The molecule has 5 nitrogen and oxygen atoms in total. The highest BCUT2D eigenvalue weighted by atomic mass is 16.5. The number of nitrogens with zero attached hydrogens (tertiary/aromatic N) is 1. The van der Waals surface area contributed by atoms with E-state index in [2.05, 4.69) is 19.2 Å². The van der Waals surface area contributed by atoms with E-state index in [0.29, 0.717) is 24.9 Å². The molecule has 22 heavy (non-hydrogen) atoms. The molecule has 1 fully saturated rings. The molecule has 0 unspecified atom stereocenters. The summed E-state index contributed by atoms with van der Waals surface area (Å²) < 4.78 is 10.5. The molecule has 1 aliphatic heterocycles. The molecule has 0 saturated carbocycles. The molecule has 1 aromatic rings. The molecule has 1 aliphatic rings. The second kappa shape index (κ2) is 7.49. The summed E-state index contributed by atoms with van der Waals surface area (Å²) in [7, 11) is 3.26. The fraction of sp³-hybridized carbons (Fsp3) is 0.588. The van der Waals surface area contributed by atoms with Gasteiger partial charge in [0.15, 0.2) is 0 Å². The van der Waals surface area contributed by atoms with Gasteiger partial charge in [-0.2, -0.15) is 0 Å². The van der Waals surface area contributed by atoms with Crippen LogP contribution >= 0.6 is 0 Å². The molecule has 0 bridgehead atoms. The first-order valence-corrected chi connectivity index (χ1v) is 7.77. The van der Waals surface area contributed by atoms with Crippen LogP contribution in [0.25, 0.3) is 0 Å². The summed E-state index contributed by atoms with van der Waals surface area (Å²) in [6.45, 7) is 5.79. The smallest absolute Gasteiger partial charge is 0.223 e. The molecule has 1 amide bonds. The van der Waals surface area contributed by atoms with Crippen molar-refractivity contribution < 1.29 is 14.3 Å². The van der Waals surface area contributed by atoms with Gasteiger partial charge >= 0.3 is 0 Å². The average molecular weight is 306 g/mol. The number of benzene rings is 1. The predicted octanol–water partition coefficient (Wildman–Crippen LogP) is 1.85. The Balaban J connectivity index is 1.96. The van der Waals surface area contributed by atoms with Crippen LogP contribution in [0.3, 0.4) is 0 Å². The maximum absolute atomic E-state index is 12.4. The standard InChI is InChI=1S/C17H26N2O3/c1-12-10-19(11-13(2)18-12)17(20)6-5-14-7-15(21-3)9-16(8-14)22-4/h7-9,12-13,18H,5-6,10-11H2,1-4H3/t12-,13-/m1/s1. The van der Waals surface area contributed by atoms with Crippen LogP contribution in [0.5, 0.6) is 11.5 Å². The zero-order chi connectivity index (χ0) is 16.1. The van der Waals surface area contributed by atoms with E-state index >= 15 is 0 Å². The van der Waals surface area contributed by atoms with E-state index in [0.717, 1.165) is 30.2 Å². The number of hydrogen-bond acceptors (Lipinski definition) is 4. The number of carbonyl (C=O) groups excluding carboxylic acids is 1. The molecule has 2 atom stereocenters. The first kappa shape index (κ1) is 16.6. The maximum atomic E-state index is 12.4. The number of piperazine rings is 1. The van der Waals surface area contributed by atoms with E-state index < -0.39 is 0 Å². The van der Waals surface area contributed by atoms with Crippen LogP contribution in [0.2, 0.25) is 0 Å². The Kier molecular flexibility index (Phi) is 5.66. The highest BCUT2D eigenvalue weighted by Gasteiger charge is 2.24. The van der Waals surface area contributed by atoms with Gasteiger partial charge in [-0.3, -0.25) is 4.79 Å². The van der Waals surface area contributed by atoms with Gasteiger partial charge in [-0.25, -0.2) is 0 Å². The van der Waals surface area contributed by atoms with Crippen LogP contribution in [0.1, 0.15) is 25.8 Å². The summed E-state index contributed by atoms with van der Waals surface area (Å²) in [5, 5.41) is 3.44. The van der Waals surface area contributed by atoms with Crippen LogP contribution < -0.4 is 14.8 Å². The predicted molar refractivity (Wildman–Crippen MR) is 86.5 cm³/mol. The Morgan fingerprint density at radius 2 is 1.68 bits per heavy atom. The Bertz CT molecular complexity index is 486. The highest BCUT2D eigenvalue weighted by molar-refractivity contribution is 5.76. The normalized spacial score (nSPS) is 21.5. The number of rotatable bonds is 5. The molecule has 1 saturated heterocycles. The zero-order valence-corrected chi connectivity index (χ0v) is 13.9. The van der Waals surface area contributed by atoms with Gasteiger partial charge < -0.3 is 19.7 Å². The Morgan fingerprint density at radius 3 is 2.18 bits per heavy atom. The molecular formula is C17H26N2O3. The molecule has 0 aliphatic carbocycles. The van der Waals surface area contributed by atoms with E-state index in [-0.39, 0.29) is 5.91 Å². The Morgan fingerprint density at radius 1 is 1.14 bits per heavy atom. The quantitative estimate of drug-likeness (QED) is 0.902. The zero-order valence-electron chi connectivity index (χ0n) is 13.9. The molecule has 1 aromatic carbocycles. The largest absolute Gasteiger partial charge is 0.497 e. The van der Waals surface area contributed by atoms with Crippen molar-refractivity contribution in [1.29, 1.82) is 0 Å². The molecule has 122 valence electrons. The molecule has 2 rings (SSSR count). The third-order valence-corrected chi connectivity index (χ3v) is 3.95. The van der Waals surface area contributed by atoms with Gasteiger partial charge in [-0.05, 0) is 38.0 Å². The van der Waals surface area contributed by atoms with Gasteiger partial charge in [0.2, 0.25) is 5.91 Å². The molecule has 0 spiro atoms. The van der Waals surface area contributed by atoms with Crippen molar-refractivity contribution in [1.82, 2.24) is 10.2 Å². The molecular weight excluding hydrogens is 280 g/mol. The van der Waals surface area contributed by atoms with Gasteiger partial charge in [-0.15, -0.1) is 0 Å². The number of aryl methyl sites for hydroxylation is 1. The number of methoxy groups -OCH3 is 2. The number of amides is 1. The number of hydrogen-bond donors (Lipinski definition) is 1. The van der Waals surface area contributed by atoms with Crippen LogP contribution in [0.15, 0.2) is 18.2 Å². The summed E-state index contributed by atoms with van der Waals surface area (Å²) in [6, 6.07) is 6.46. The van der Waals surface area contributed by atoms with Crippen LogP contribution in [-0.2, 0) is 11.2 Å². The van der Waals surface area contributed by atoms with Gasteiger partial charge in [0.25, 0.3) is 0 Å². The van der Waals surface area contributed by atoms with Crippen molar-refractivity contribution >= 4 is 5.91 Å². The van der Waals surface area contributed by atoms with Crippen molar-refractivity contribution in [3.05, 3.63) is 23.8 Å². The van der Waals surface area contributed by atoms with Gasteiger partial charge in [0.1, 0.15) is 11.5 Å². The minimum atomic E-state index is 0.210. The first-order valence-electron chi connectivity index (χ1n) is 7.77. The van der Waals surface area contributed by atoms with Crippen LogP contribution in [0.4, 0.5) is 0 Å². The van der Waals surface area contributed by atoms with Gasteiger partial charge in [0, 0.05) is 37.7 Å². The number of carbonyl (C=O) groups is 1. The van der Waals surface area contributed by atoms with Gasteiger partial charge in [0.05, 0.1) is 14.2 Å². The van der Waals surface area contributed by atoms with Crippen molar-refractivity contribution in [2.24, 2.45) is 0 Å². The third-order valence-electron chi connectivity index (χ3n) is 3.95. The average Bonchev–Trinajstić information content (AvgIpc) is 2.51. The number of nitrogens with one attached hydrogen (secondary N) is 1. The summed E-state index contributed by atoms with van der Waals surface area (Å²) in [5.74, 6) is 1.72. The Labute approximate surface area is 132 Å². The third kappa shape index (κ3) is 4.37. The lowest BCUT2D eigenvalue weighted by Gasteiger charge is -2.36. The van der Waals surface area contributed by atoms with Gasteiger partial charge in [-0.1, -0.05) is 0 Å². The Hall–Kier alpha value is -1.75.